The van der Waals surface area contributed by atoms with E-state index in [1.54, 1.807) is 0 Å². The van der Waals surface area contributed by atoms with E-state index in [0.717, 1.165) is 21.4 Å². The highest BCUT2D eigenvalue weighted by Crippen LogP contribution is 2.25. The molecule has 0 aliphatic carbocycles. The van der Waals surface area contributed by atoms with Crippen molar-refractivity contribution in [2.24, 2.45) is 0 Å². The van der Waals surface area contributed by atoms with E-state index in [1.807, 2.05) is 42.5 Å². The number of para-hydroxylation sites is 1. The standard InChI is InChI=1S/C15H12BrNO/c16-14-7-4-8-15-13(14)9-11(17-15)10-18-12-5-2-1-3-6-12/h1-9,17H,10H2. The Morgan fingerprint density at radius 2 is 1.83 bits per heavy atom. The molecule has 0 bridgehead atoms. The van der Waals surface area contributed by atoms with Gasteiger partial charge in [0.15, 0.2) is 0 Å². The smallest absolute Gasteiger partial charge is 0.128 e. The first kappa shape index (κ1) is 11.4. The monoisotopic (exact) mass is 301 g/mol. The maximum absolute atomic E-state index is 5.71. The van der Waals surface area contributed by atoms with Crippen molar-refractivity contribution < 1.29 is 4.74 Å². The third kappa shape index (κ3) is 2.27. The zero-order valence-electron chi connectivity index (χ0n) is 9.69. The van der Waals surface area contributed by atoms with E-state index in [2.05, 4.69) is 33.0 Å². The lowest BCUT2D eigenvalue weighted by Gasteiger charge is -2.03. The number of fused-ring (bicyclic) bond motifs is 1. The zero-order chi connectivity index (χ0) is 12.4. The van der Waals surface area contributed by atoms with Crippen LogP contribution in [0.25, 0.3) is 10.9 Å². The normalized spacial score (nSPS) is 10.7. The molecule has 0 fully saturated rings. The summed E-state index contributed by atoms with van der Waals surface area (Å²) < 4.78 is 6.81. The lowest BCUT2D eigenvalue weighted by atomic mass is 10.2. The van der Waals surface area contributed by atoms with Gasteiger partial charge in [-0.25, -0.2) is 0 Å². The van der Waals surface area contributed by atoms with Crippen LogP contribution in [0.1, 0.15) is 5.69 Å². The van der Waals surface area contributed by atoms with Crippen molar-refractivity contribution in [1.82, 2.24) is 4.98 Å². The molecule has 3 aromatic rings. The van der Waals surface area contributed by atoms with Crippen LogP contribution in [-0.2, 0) is 6.61 Å². The summed E-state index contributed by atoms with van der Waals surface area (Å²) >= 11 is 3.55. The van der Waals surface area contributed by atoms with E-state index >= 15 is 0 Å². The van der Waals surface area contributed by atoms with Crippen molar-refractivity contribution in [2.75, 3.05) is 0 Å². The molecule has 0 radical (unpaired) electrons. The summed E-state index contributed by atoms with van der Waals surface area (Å²) in [6.07, 6.45) is 0. The molecule has 90 valence electrons. The Balaban J connectivity index is 1.81. The number of aromatic nitrogens is 1. The van der Waals surface area contributed by atoms with E-state index < -0.39 is 0 Å². The predicted molar refractivity (Wildman–Crippen MR) is 76.8 cm³/mol. The number of ether oxygens (including phenoxy) is 1. The van der Waals surface area contributed by atoms with Crippen LogP contribution in [0.2, 0.25) is 0 Å². The quantitative estimate of drug-likeness (QED) is 0.756. The Bertz CT molecular complexity index is 661. The van der Waals surface area contributed by atoms with E-state index in [9.17, 15) is 0 Å². The van der Waals surface area contributed by atoms with Gasteiger partial charge in [0, 0.05) is 15.4 Å². The third-order valence-electron chi connectivity index (χ3n) is 2.80. The Labute approximate surface area is 114 Å². The highest BCUT2D eigenvalue weighted by atomic mass is 79.9. The molecule has 0 spiro atoms. The second-order valence-corrected chi connectivity index (χ2v) is 4.95. The van der Waals surface area contributed by atoms with Gasteiger partial charge in [0.05, 0.1) is 5.69 Å². The summed E-state index contributed by atoms with van der Waals surface area (Å²) in [5, 5.41) is 1.18. The molecule has 2 aromatic carbocycles. The van der Waals surface area contributed by atoms with Gasteiger partial charge >= 0.3 is 0 Å². The van der Waals surface area contributed by atoms with Crippen molar-refractivity contribution in [1.29, 1.82) is 0 Å². The van der Waals surface area contributed by atoms with E-state index in [-0.39, 0.29) is 0 Å². The van der Waals surface area contributed by atoms with Crippen LogP contribution in [0.5, 0.6) is 5.75 Å². The van der Waals surface area contributed by atoms with E-state index in [1.165, 1.54) is 5.39 Å². The van der Waals surface area contributed by atoms with Gasteiger partial charge in [0.1, 0.15) is 12.4 Å². The largest absolute Gasteiger partial charge is 0.487 e. The van der Waals surface area contributed by atoms with Crippen LogP contribution >= 0.6 is 15.9 Å². The van der Waals surface area contributed by atoms with Crippen LogP contribution < -0.4 is 4.74 Å². The summed E-state index contributed by atoms with van der Waals surface area (Å²) in [6, 6.07) is 18.1. The average molecular weight is 302 g/mol. The molecule has 0 saturated heterocycles. The van der Waals surface area contributed by atoms with Crippen LogP contribution in [0.3, 0.4) is 0 Å². The van der Waals surface area contributed by atoms with Crippen molar-refractivity contribution in [3.8, 4) is 5.75 Å². The van der Waals surface area contributed by atoms with Gasteiger partial charge in [0.2, 0.25) is 0 Å². The highest BCUT2D eigenvalue weighted by Gasteiger charge is 2.04. The van der Waals surface area contributed by atoms with Crippen LogP contribution in [0.15, 0.2) is 59.1 Å². The number of hydrogen-bond donors (Lipinski definition) is 1. The number of nitrogens with one attached hydrogen (secondary N) is 1. The molecule has 2 nitrogen and oxygen atoms in total. The number of aromatic amines is 1. The number of benzene rings is 2. The summed E-state index contributed by atoms with van der Waals surface area (Å²) in [5.74, 6) is 0.884. The van der Waals surface area contributed by atoms with Crippen molar-refractivity contribution in [3.63, 3.8) is 0 Å². The summed E-state index contributed by atoms with van der Waals surface area (Å²) in [4.78, 5) is 3.35. The van der Waals surface area contributed by atoms with Gasteiger partial charge in [-0.3, -0.25) is 0 Å². The number of hydrogen-bond acceptors (Lipinski definition) is 1. The first-order chi connectivity index (χ1) is 8.83. The Morgan fingerprint density at radius 3 is 2.61 bits per heavy atom. The molecule has 0 atom stereocenters. The van der Waals surface area contributed by atoms with Crippen molar-refractivity contribution in [2.45, 2.75) is 6.61 Å². The minimum absolute atomic E-state index is 0.547. The fourth-order valence-corrected chi connectivity index (χ4v) is 2.41. The molecule has 1 aromatic heterocycles. The number of halogens is 1. The van der Waals surface area contributed by atoms with Gasteiger partial charge < -0.3 is 9.72 Å². The maximum atomic E-state index is 5.71. The molecule has 18 heavy (non-hydrogen) atoms. The van der Waals surface area contributed by atoms with Crippen LogP contribution in [0, 0.1) is 0 Å². The lowest BCUT2D eigenvalue weighted by molar-refractivity contribution is 0.302. The first-order valence-electron chi connectivity index (χ1n) is 5.77. The Hall–Kier alpha value is -1.74. The second-order valence-electron chi connectivity index (χ2n) is 4.10. The van der Waals surface area contributed by atoms with Gasteiger partial charge in [-0.05, 0) is 30.3 Å². The van der Waals surface area contributed by atoms with Gasteiger partial charge in [-0.1, -0.05) is 40.2 Å². The molecule has 0 aliphatic heterocycles. The highest BCUT2D eigenvalue weighted by molar-refractivity contribution is 9.10. The molecule has 1 N–H and O–H groups in total. The fourth-order valence-electron chi connectivity index (χ4n) is 1.93. The fraction of sp³-hybridized carbons (Fsp3) is 0.0667. The van der Waals surface area contributed by atoms with Crippen molar-refractivity contribution >= 4 is 26.8 Å². The molecular formula is C15H12BrNO. The minimum atomic E-state index is 0.547. The third-order valence-corrected chi connectivity index (χ3v) is 3.50. The molecule has 0 unspecified atom stereocenters. The Kier molecular flexibility index (Phi) is 3.07. The second kappa shape index (κ2) is 4.86. The lowest BCUT2D eigenvalue weighted by Crippen LogP contribution is -1.94. The molecule has 0 aliphatic rings. The topological polar surface area (TPSA) is 25.0 Å². The van der Waals surface area contributed by atoms with Crippen LogP contribution in [-0.4, -0.2) is 4.98 Å². The minimum Gasteiger partial charge on any atom is -0.487 e. The molecule has 1 heterocycles. The van der Waals surface area contributed by atoms with E-state index in [4.69, 9.17) is 4.74 Å². The maximum Gasteiger partial charge on any atom is 0.128 e. The molecular weight excluding hydrogens is 290 g/mol. The average Bonchev–Trinajstić information content (AvgIpc) is 2.82. The summed E-state index contributed by atoms with van der Waals surface area (Å²) in [6.45, 7) is 0.547. The summed E-state index contributed by atoms with van der Waals surface area (Å²) in [7, 11) is 0. The molecule has 3 rings (SSSR count). The first-order valence-corrected chi connectivity index (χ1v) is 6.56. The van der Waals surface area contributed by atoms with Gasteiger partial charge in [-0.15, -0.1) is 0 Å². The van der Waals surface area contributed by atoms with Gasteiger partial charge in [-0.2, -0.15) is 0 Å². The SMILES string of the molecule is Brc1cccc2[nH]c(COc3ccccc3)cc12. The molecule has 3 heteroatoms. The molecule has 0 saturated carbocycles. The van der Waals surface area contributed by atoms with E-state index in [0.29, 0.717) is 6.61 Å². The molecule has 0 amide bonds. The Morgan fingerprint density at radius 1 is 1.00 bits per heavy atom. The van der Waals surface area contributed by atoms with Crippen molar-refractivity contribution in [3.05, 3.63) is 64.8 Å². The zero-order valence-corrected chi connectivity index (χ0v) is 11.3. The number of rotatable bonds is 3. The number of H-pyrrole nitrogens is 1. The van der Waals surface area contributed by atoms with Crippen LogP contribution in [0.4, 0.5) is 0 Å². The predicted octanol–water partition coefficient (Wildman–Crippen LogP) is 4.51. The summed E-state index contributed by atoms with van der Waals surface area (Å²) in [5.41, 5.74) is 2.19. The van der Waals surface area contributed by atoms with Gasteiger partial charge in [0.25, 0.3) is 0 Å².